The zero-order valence-corrected chi connectivity index (χ0v) is 18.8. The van der Waals surface area contributed by atoms with Gasteiger partial charge in [0.1, 0.15) is 17.6 Å². The second-order valence-corrected chi connectivity index (χ2v) is 7.11. The first-order valence-electron chi connectivity index (χ1n) is 9.31. The van der Waals surface area contributed by atoms with Gasteiger partial charge in [-0.05, 0) is 42.8 Å². The average Bonchev–Trinajstić information content (AvgIpc) is 3.20. The zero-order valence-electron chi connectivity index (χ0n) is 17.2. The van der Waals surface area contributed by atoms with Crippen LogP contribution in [-0.2, 0) is 9.53 Å². The number of allylic oxidation sites excluding steroid dienone is 1. The number of ether oxygens (including phenoxy) is 4. The highest BCUT2D eigenvalue weighted by Gasteiger charge is 2.14. The Morgan fingerprint density at radius 3 is 2.71 bits per heavy atom. The van der Waals surface area contributed by atoms with Crippen LogP contribution in [0.2, 0.25) is 0 Å². The SMILES string of the molecule is CCOC(=O)COc1cc(Br)c(/C=C(/C#N)c2nc3ccc(OC)cc3[nH]2)cc1OC. The number of halogens is 1. The Morgan fingerprint density at radius 2 is 2.03 bits per heavy atom. The van der Waals surface area contributed by atoms with Gasteiger partial charge in [0.2, 0.25) is 0 Å². The van der Waals surface area contributed by atoms with Gasteiger partial charge in [-0.2, -0.15) is 5.26 Å². The summed E-state index contributed by atoms with van der Waals surface area (Å²) in [6.45, 7) is 1.76. The van der Waals surface area contributed by atoms with E-state index in [1.54, 1.807) is 38.3 Å². The van der Waals surface area contributed by atoms with E-state index >= 15 is 0 Å². The molecule has 0 aliphatic heterocycles. The number of hydrogen-bond acceptors (Lipinski definition) is 7. The third kappa shape index (κ3) is 5.16. The van der Waals surface area contributed by atoms with Crippen molar-refractivity contribution in [3.63, 3.8) is 0 Å². The molecule has 0 saturated heterocycles. The molecule has 0 bridgehead atoms. The number of nitriles is 1. The number of benzene rings is 2. The first kappa shape index (κ1) is 22.2. The summed E-state index contributed by atoms with van der Waals surface area (Å²) in [5, 5.41) is 9.71. The van der Waals surface area contributed by atoms with Crippen LogP contribution in [0.25, 0.3) is 22.7 Å². The number of aromatic amines is 1. The van der Waals surface area contributed by atoms with Crippen molar-refractivity contribution in [2.24, 2.45) is 0 Å². The van der Waals surface area contributed by atoms with Crippen molar-refractivity contribution >= 4 is 44.6 Å². The maximum absolute atomic E-state index is 11.6. The van der Waals surface area contributed by atoms with Gasteiger partial charge in [0.05, 0.1) is 37.4 Å². The highest BCUT2D eigenvalue weighted by atomic mass is 79.9. The summed E-state index contributed by atoms with van der Waals surface area (Å²) in [7, 11) is 3.08. The molecule has 2 aromatic carbocycles. The van der Waals surface area contributed by atoms with Crippen LogP contribution in [-0.4, -0.2) is 43.4 Å². The summed E-state index contributed by atoms with van der Waals surface area (Å²) >= 11 is 3.48. The first-order valence-corrected chi connectivity index (χ1v) is 10.1. The molecule has 9 heteroatoms. The van der Waals surface area contributed by atoms with E-state index in [-0.39, 0.29) is 13.2 Å². The molecule has 3 rings (SSSR count). The standard InChI is InChI=1S/C22H20BrN3O5/c1-4-30-21(27)12-31-20-10-16(23)13(8-19(20)29-3)7-14(11-24)22-25-17-6-5-15(28-2)9-18(17)26-22/h5-10H,4,12H2,1-3H3,(H,25,26)/b14-7-. The van der Waals surface area contributed by atoms with Crippen LogP contribution in [0.3, 0.4) is 0 Å². The van der Waals surface area contributed by atoms with Crippen LogP contribution in [0.4, 0.5) is 0 Å². The zero-order chi connectivity index (χ0) is 22.4. The van der Waals surface area contributed by atoms with Crippen molar-refractivity contribution in [1.29, 1.82) is 5.26 Å². The number of imidazole rings is 1. The van der Waals surface area contributed by atoms with E-state index in [0.29, 0.717) is 38.7 Å². The lowest BCUT2D eigenvalue weighted by Gasteiger charge is -2.12. The Labute approximate surface area is 187 Å². The van der Waals surface area contributed by atoms with Crippen LogP contribution in [0, 0.1) is 11.3 Å². The van der Waals surface area contributed by atoms with E-state index in [1.165, 1.54) is 7.11 Å². The lowest BCUT2D eigenvalue weighted by molar-refractivity contribution is -0.145. The van der Waals surface area contributed by atoms with Gasteiger partial charge in [-0.15, -0.1) is 0 Å². The molecule has 8 nitrogen and oxygen atoms in total. The predicted octanol–water partition coefficient (Wildman–Crippen LogP) is 4.35. The van der Waals surface area contributed by atoms with Crippen molar-refractivity contribution in [3.8, 4) is 23.3 Å². The second kappa shape index (κ2) is 10.00. The monoisotopic (exact) mass is 485 g/mol. The molecule has 31 heavy (non-hydrogen) atoms. The molecule has 0 aliphatic rings. The van der Waals surface area contributed by atoms with Gasteiger partial charge in [-0.25, -0.2) is 9.78 Å². The summed E-state index contributed by atoms with van der Waals surface area (Å²) in [6.07, 6.45) is 1.68. The fourth-order valence-electron chi connectivity index (χ4n) is 2.83. The first-order chi connectivity index (χ1) is 15.0. The second-order valence-electron chi connectivity index (χ2n) is 6.26. The third-order valence-electron chi connectivity index (χ3n) is 4.30. The lowest BCUT2D eigenvalue weighted by atomic mass is 10.1. The Morgan fingerprint density at radius 1 is 1.23 bits per heavy atom. The van der Waals surface area contributed by atoms with E-state index in [4.69, 9.17) is 18.9 Å². The minimum Gasteiger partial charge on any atom is -0.497 e. The number of fused-ring (bicyclic) bond motifs is 1. The van der Waals surface area contributed by atoms with Crippen LogP contribution >= 0.6 is 15.9 Å². The molecule has 0 amide bonds. The fraction of sp³-hybridized carbons (Fsp3) is 0.227. The smallest absolute Gasteiger partial charge is 0.344 e. The molecule has 0 saturated carbocycles. The Balaban J connectivity index is 1.93. The van der Waals surface area contributed by atoms with Gasteiger partial charge >= 0.3 is 5.97 Å². The number of carbonyl (C=O) groups excluding carboxylic acids is 1. The summed E-state index contributed by atoms with van der Waals surface area (Å²) in [6, 6.07) is 11.0. The molecule has 1 aromatic heterocycles. The number of H-pyrrole nitrogens is 1. The highest BCUT2D eigenvalue weighted by molar-refractivity contribution is 9.10. The maximum atomic E-state index is 11.6. The molecule has 1 heterocycles. The van der Waals surface area contributed by atoms with Gasteiger partial charge in [-0.1, -0.05) is 15.9 Å². The topological polar surface area (TPSA) is 106 Å². The molecule has 3 aromatic rings. The van der Waals surface area contributed by atoms with E-state index < -0.39 is 5.97 Å². The number of aromatic nitrogens is 2. The number of hydrogen-bond donors (Lipinski definition) is 1. The van der Waals surface area contributed by atoms with Gasteiger partial charge in [0.15, 0.2) is 18.1 Å². The molecule has 0 unspecified atom stereocenters. The van der Waals surface area contributed by atoms with Gasteiger partial charge in [0.25, 0.3) is 0 Å². The number of esters is 1. The molecule has 0 spiro atoms. The third-order valence-corrected chi connectivity index (χ3v) is 4.99. The van der Waals surface area contributed by atoms with Crippen molar-refractivity contribution in [1.82, 2.24) is 9.97 Å². The number of methoxy groups -OCH3 is 2. The van der Waals surface area contributed by atoms with Crippen LogP contribution in [0.15, 0.2) is 34.8 Å². The van der Waals surface area contributed by atoms with E-state index in [9.17, 15) is 10.1 Å². The van der Waals surface area contributed by atoms with Crippen molar-refractivity contribution < 1.29 is 23.7 Å². The Bertz CT molecular complexity index is 1180. The number of carbonyl (C=O) groups is 1. The Kier molecular flexibility index (Phi) is 7.15. The number of nitrogens with zero attached hydrogens (tertiary/aromatic N) is 2. The maximum Gasteiger partial charge on any atom is 0.344 e. The minimum atomic E-state index is -0.474. The lowest BCUT2D eigenvalue weighted by Crippen LogP contribution is -2.15. The molecule has 0 aliphatic carbocycles. The van der Waals surface area contributed by atoms with Gasteiger partial charge < -0.3 is 23.9 Å². The van der Waals surface area contributed by atoms with Crippen molar-refractivity contribution in [3.05, 3.63) is 46.2 Å². The highest BCUT2D eigenvalue weighted by Crippen LogP contribution is 2.35. The molecular formula is C22H20BrN3O5. The largest absolute Gasteiger partial charge is 0.497 e. The number of rotatable bonds is 8. The summed E-state index contributed by atoms with van der Waals surface area (Å²) in [5.74, 6) is 1.42. The molecule has 0 radical (unpaired) electrons. The average molecular weight is 486 g/mol. The Hall–Kier alpha value is -3.51. The fourth-order valence-corrected chi connectivity index (χ4v) is 3.26. The quantitative estimate of drug-likeness (QED) is 0.373. The van der Waals surface area contributed by atoms with Crippen LogP contribution < -0.4 is 14.2 Å². The van der Waals surface area contributed by atoms with Crippen molar-refractivity contribution in [2.75, 3.05) is 27.4 Å². The summed E-state index contributed by atoms with van der Waals surface area (Å²) in [5.41, 5.74) is 2.49. The van der Waals surface area contributed by atoms with Gasteiger partial charge in [0, 0.05) is 10.5 Å². The molecule has 0 fully saturated rings. The van der Waals surface area contributed by atoms with Gasteiger partial charge in [-0.3, -0.25) is 0 Å². The summed E-state index contributed by atoms with van der Waals surface area (Å²) in [4.78, 5) is 19.2. The summed E-state index contributed by atoms with van der Waals surface area (Å²) < 4.78 is 21.6. The van der Waals surface area contributed by atoms with E-state index in [2.05, 4.69) is 32.0 Å². The molecule has 0 atom stereocenters. The van der Waals surface area contributed by atoms with E-state index in [1.807, 2.05) is 12.1 Å². The van der Waals surface area contributed by atoms with E-state index in [0.717, 1.165) is 11.0 Å². The normalized spacial score (nSPS) is 11.1. The molecule has 160 valence electrons. The minimum absolute atomic E-state index is 0.238. The molecule has 1 N–H and O–H groups in total. The predicted molar refractivity (Wildman–Crippen MR) is 119 cm³/mol. The van der Waals surface area contributed by atoms with Crippen molar-refractivity contribution in [2.45, 2.75) is 6.92 Å². The van der Waals surface area contributed by atoms with Crippen LogP contribution in [0.1, 0.15) is 18.3 Å². The van der Waals surface area contributed by atoms with Crippen LogP contribution in [0.5, 0.6) is 17.2 Å². The number of nitrogens with one attached hydrogen (secondary N) is 1. The molecular weight excluding hydrogens is 466 g/mol.